The monoisotopic (exact) mass is 348 g/mol. The Labute approximate surface area is 152 Å². The van der Waals surface area contributed by atoms with Gasteiger partial charge in [-0.2, -0.15) is 0 Å². The van der Waals surface area contributed by atoms with E-state index in [4.69, 9.17) is 4.74 Å². The predicted molar refractivity (Wildman–Crippen MR) is 99.1 cm³/mol. The molecular formula is C21H20N2O3. The number of benzene rings is 2. The van der Waals surface area contributed by atoms with Crippen molar-refractivity contribution in [3.05, 3.63) is 90.3 Å². The van der Waals surface area contributed by atoms with Crippen molar-refractivity contribution in [2.45, 2.75) is 12.5 Å². The van der Waals surface area contributed by atoms with Crippen LogP contribution in [0.15, 0.2) is 79.1 Å². The van der Waals surface area contributed by atoms with E-state index < -0.39 is 5.60 Å². The van der Waals surface area contributed by atoms with Gasteiger partial charge in [-0.15, -0.1) is 0 Å². The number of amides is 1. The van der Waals surface area contributed by atoms with Crippen molar-refractivity contribution in [2.24, 2.45) is 0 Å². The molecule has 1 heterocycles. The maximum absolute atomic E-state index is 12.6. The van der Waals surface area contributed by atoms with Gasteiger partial charge in [-0.1, -0.05) is 42.5 Å². The lowest BCUT2D eigenvalue weighted by Gasteiger charge is -2.24. The molecule has 5 nitrogen and oxygen atoms in total. The first-order valence-electron chi connectivity index (χ1n) is 8.29. The number of ether oxygens (including phenoxy) is 1. The number of hydrogen-bond acceptors (Lipinski definition) is 4. The number of para-hydroxylation sites is 1. The van der Waals surface area contributed by atoms with Crippen LogP contribution in [0.5, 0.6) is 11.5 Å². The first-order valence-corrected chi connectivity index (χ1v) is 8.29. The third kappa shape index (κ3) is 4.26. The highest BCUT2D eigenvalue weighted by Gasteiger charge is 2.24. The van der Waals surface area contributed by atoms with E-state index in [0.717, 1.165) is 5.56 Å². The SMILES string of the molecule is CC(O)(CNC(=O)c1ccccc1Oc1cccnc1)c1ccccc1. The molecule has 1 unspecified atom stereocenters. The Hall–Kier alpha value is -3.18. The lowest BCUT2D eigenvalue weighted by Crippen LogP contribution is -2.38. The van der Waals surface area contributed by atoms with E-state index in [9.17, 15) is 9.90 Å². The second-order valence-electron chi connectivity index (χ2n) is 6.11. The Kier molecular flexibility index (Phi) is 5.29. The van der Waals surface area contributed by atoms with E-state index in [1.54, 1.807) is 55.7 Å². The Morgan fingerprint density at radius 1 is 1.08 bits per heavy atom. The van der Waals surface area contributed by atoms with Crippen molar-refractivity contribution in [2.75, 3.05) is 6.54 Å². The molecule has 0 aliphatic carbocycles. The largest absolute Gasteiger partial charge is 0.455 e. The molecule has 132 valence electrons. The van der Waals surface area contributed by atoms with Gasteiger partial charge < -0.3 is 15.2 Å². The Balaban J connectivity index is 1.72. The lowest BCUT2D eigenvalue weighted by atomic mass is 9.96. The van der Waals surface area contributed by atoms with Gasteiger partial charge in [0.05, 0.1) is 18.3 Å². The molecule has 0 aliphatic heterocycles. The minimum absolute atomic E-state index is 0.0804. The van der Waals surface area contributed by atoms with Gasteiger partial charge in [-0.3, -0.25) is 9.78 Å². The number of aromatic nitrogens is 1. The number of pyridine rings is 1. The molecule has 5 heteroatoms. The third-order valence-corrected chi connectivity index (χ3v) is 3.98. The molecule has 0 radical (unpaired) electrons. The van der Waals surface area contributed by atoms with Crippen LogP contribution in [0.2, 0.25) is 0 Å². The summed E-state index contributed by atoms with van der Waals surface area (Å²) in [6, 6.07) is 19.7. The fraction of sp³-hybridized carbons (Fsp3) is 0.143. The second-order valence-corrected chi connectivity index (χ2v) is 6.11. The van der Waals surface area contributed by atoms with Crippen LogP contribution in [-0.4, -0.2) is 22.5 Å². The summed E-state index contributed by atoms with van der Waals surface area (Å²) in [5, 5.41) is 13.4. The highest BCUT2D eigenvalue weighted by atomic mass is 16.5. The van der Waals surface area contributed by atoms with Crippen molar-refractivity contribution in [1.29, 1.82) is 0 Å². The summed E-state index contributed by atoms with van der Waals surface area (Å²) in [4.78, 5) is 16.6. The zero-order valence-electron chi connectivity index (χ0n) is 14.4. The van der Waals surface area contributed by atoms with Gasteiger partial charge in [0, 0.05) is 6.20 Å². The molecule has 0 spiro atoms. The van der Waals surface area contributed by atoms with Crippen molar-refractivity contribution in [1.82, 2.24) is 10.3 Å². The second kappa shape index (κ2) is 7.80. The van der Waals surface area contributed by atoms with Crippen molar-refractivity contribution >= 4 is 5.91 Å². The Morgan fingerprint density at radius 2 is 1.81 bits per heavy atom. The van der Waals surface area contributed by atoms with Crippen LogP contribution in [0, 0.1) is 0 Å². The normalized spacial score (nSPS) is 12.8. The fourth-order valence-electron chi connectivity index (χ4n) is 2.52. The van der Waals surface area contributed by atoms with E-state index in [1.807, 2.05) is 30.3 Å². The van der Waals surface area contributed by atoms with Crippen molar-refractivity contribution in [3.8, 4) is 11.5 Å². The van der Waals surface area contributed by atoms with Crippen LogP contribution in [0.25, 0.3) is 0 Å². The van der Waals surface area contributed by atoms with E-state index in [2.05, 4.69) is 10.3 Å². The van der Waals surface area contributed by atoms with Crippen LogP contribution in [0.3, 0.4) is 0 Å². The molecular weight excluding hydrogens is 328 g/mol. The summed E-state index contributed by atoms with van der Waals surface area (Å²) in [6.45, 7) is 1.75. The lowest BCUT2D eigenvalue weighted by molar-refractivity contribution is 0.0526. The summed E-state index contributed by atoms with van der Waals surface area (Å²) in [7, 11) is 0. The van der Waals surface area contributed by atoms with E-state index in [-0.39, 0.29) is 12.5 Å². The van der Waals surface area contributed by atoms with E-state index in [0.29, 0.717) is 17.1 Å². The molecule has 1 atom stereocenters. The number of carbonyl (C=O) groups is 1. The summed E-state index contributed by atoms with van der Waals surface area (Å²) in [6.07, 6.45) is 3.23. The fourth-order valence-corrected chi connectivity index (χ4v) is 2.52. The van der Waals surface area contributed by atoms with Crippen LogP contribution >= 0.6 is 0 Å². The van der Waals surface area contributed by atoms with Crippen LogP contribution in [0.4, 0.5) is 0 Å². The molecule has 3 rings (SSSR count). The molecule has 0 saturated heterocycles. The van der Waals surface area contributed by atoms with Crippen LogP contribution in [-0.2, 0) is 5.60 Å². The van der Waals surface area contributed by atoms with Gasteiger partial charge in [0.2, 0.25) is 0 Å². The molecule has 0 aliphatic rings. The van der Waals surface area contributed by atoms with Gasteiger partial charge >= 0.3 is 0 Å². The highest BCUT2D eigenvalue weighted by molar-refractivity contribution is 5.97. The van der Waals surface area contributed by atoms with Gasteiger partial charge in [0.1, 0.15) is 17.1 Å². The quantitative estimate of drug-likeness (QED) is 0.715. The van der Waals surface area contributed by atoms with E-state index >= 15 is 0 Å². The molecule has 2 N–H and O–H groups in total. The van der Waals surface area contributed by atoms with Gasteiger partial charge in [-0.05, 0) is 36.8 Å². The molecule has 1 aromatic heterocycles. The van der Waals surface area contributed by atoms with Crippen LogP contribution in [0.1, 0.15) is 22.8 Å². The summed E-state index contributed by atoms with van der Waals surface area (Å²) in [5.74, 6) is 0.655. The summed E-state index contributed by atoms with van der Waals surface area (Å²) in [5.41, 5.74) is -0.0452. The van der Waals surface area contributed by atoms with Crippen LogP contribution < -0.4 is 10.1 Å². The minimum atomic E-state index is -1.17. The Bertz CT molecular complexity index is 865. The molecule has 0 fully saturated rings. The average molecular weight is 348 g/mol. The molecule has 1 amide bonds. The third-order valence-electron chi connectivity index (χ3n) is 3.98. The molecule has 26 heavy (non-hydrogen) atoms. The van der Waals surface area contributed by atoms with E-state index in [1.165, 1.54) is 0 Å². The molecule has 3 aromatic rings. The Morgan fingerprint density at radius 3 is 2.54 bits per heavy atom. The predicted octanol–water partition coefficient (Wildman–Crippen LogP) is 3.51. The number of rotatable bonds is 6. The standard InChI is InChI=1S/C21H20N2O3/c1-21(25,16-8-3-2-4-9-16)15-23-20(24)18-11-5-6-12-19(18)26-17-10-7-13-22-14-17/h2-14,25H,15H2,1H3,(H,23,24). The van der Waals surface area contributed by atoms with Gasteiger partial charge in [0.15, 0.2) is 0 Å². The smallest absolute Gasteiger partial charge is 0.255 e. The zero-order chi connectivity index (χ0) is 18.4. The minimum Gasteiger partial charge on any atom is -0.455 e. The first kappa shape index (κ1) is 17.6. The van der Waals surface area contributed by atoms with Gasteiger partial charge in [-0.25, -0.2) is 0 Å². The molecule has 0 saturated carbocycles. The van der Waals surface area contributed by atoms with Crippen molar-refractivity contribution < 1.29 is 14.6 Å². The summed E-state index contributed by atoms with van der Waals surface area (Å²) >= 11 is 0. The first-order chi connectivity index (χ1) is 12.6. The summed E-state index contributed by atoms with van der Waals surface area (Å²) < 4.78 is 5.76. The van der Waals surface area contributed by atoms with Crippen molar-refractivity contribution in [3.63, 3.8) is 0 Å². The maximum Gasteiger partial charge on any atom is 0.255 e. The average Bonchev–Trinajstić information content (AvgIpc) is 2.68. The highest BCUT2D eigenvalue weighted by Crippen LogP contribution is 2.25. The topological polar surface area (TPSA) is 71.5 Å². The number of hydrogen-bond donors (Lipinski definition) is 2. The number of nitrogens with one attached hydrogen (secondary N) is 1. The molecule has 2 aromatic carbocycles. The molecule has 0 bridgehead atoms. The maximum atomic E-state index is 12.6. The number of aliphatic hydroxyl groups is 1. The number of nitrogens with zero attached hydrogens (tertiary/aromatic N) is 1. The number of carbonyl (C=O) groups excluding carboxylic acids is 1. The zero-order valence-corrected chi connectivity index (χ0v) is 14.4. The van der Waals surface area contributed by atoms with Gasteiger partial charge in [0.25, 0.3) is 5.91 Å².